The largest absolute Gasteiger partial charge is 0.493 e. The third-order valence-electron chi connectivity index (χ3n) is 4.82. The maximum absolute atomic E-state index is 6.19. The predicted molar refractivity (Wildman–Crippen MR) is 117 cm³/mol. The molecule has 29 heavy (non-hydrogen) atoms. The SMILES string of the molecule is COc1ccc(-c2cc3c(/C=C/c4ccccc4)ccc(OC)c3o2)cc1OC. The van der Waals surface area contributed by atoms with Gasteiger partial charge in [-0.1, -0.05) is 48.6 Å². The van der Waals surface area contributed by atoms with Crippen LogP contribution in [0.1, 0.15) is 11.1 Å². The maximum atomic E-state index is 6.19. The molecule has 0 aliphatic rings. The van der Waals surface area contributed by atoms with E-state index in [0.29, 0.717) is 22.8 Å². The highest BCUT2D eigenvalue weighted by Gasteiger charge is 2.15. The van der Waals surface area contributed by atoms with Crippen LogP contribution in [-0.4, -0.2) is 21.3 Å². The van der Waals surface area contributed by atoms with Gasteiger partial charge in [-0.15, -0.1) is 0 Å². The number of furan rings is 1. The molecule has 1 aromatic heterocycles. The second-order valence-corrected chi connectivity index (χ2v) is 6.52. The zero-order chi connectivity index (χ0) is 20.2. The lowest BCUT2D eigenvalue weighted by Crippen LogP contribution is -1.90. The van der Waals surface area contributed by atoms with Gasteiger partial charge in [-0.2, -0.15) is 0 Å². The quantitative estimate of drug-likeness (QED) is 0.365. The van der Waals surface area contributed by atoms with Crippen LogP contribution in [0.25, 0.3) is 34.4 Å². The van der Waals surface area contributed by atoms with Crippen molar-refractivity contribution in [2.75, 3.05) is 21.3 Å². The van der Waals surface area contributed by atoms with Gasteiger partial charge in [0, 0.05) is 10.9 Å². The second-order valence-electron chi connectivity index (χ2n) is 6.52. The molecule has 3 aromatic carbocycles. The summed E-state index contributed by atoms with van der Waals surface area (Å²) >= 11 is 0. The summed E-state index contributed by atoms with van der Waals surface area (Å²) in [5, 5.41) is 0.987. The molecule has 1 heterocycles. The standard InChI is InChI=1S/C25H22O4/c1-26-21-13-12-19(15-24(21)28-3)23-16-20-18(10-9-17-7-5-4-6-8-17)11-14-22(27-2)25(20)29-23/h4-16H,1-3H3/b10-9+. The van der Waals surface area contributed by atoms with E-state index >= 15 is 0 Å². The van der Waals surface area contributed by atoms with Crippen molar-refractivity contribution >= 4 is 23.1 Å². The fraction of sp³-hybridized carbons (Fsp3) is 0.120. The fourth-order valence-electron chi connectivity index (χ4n) is 3.31. The van der Waals surface area contributed by atoms with E-state index in [4.69, 9.17) is 18.6 Å². The van der Waals surface area contributed by atoms with Gasteiger partial charge in [0.25, 0.3) is 0 Å². The number of fused-ring (bicyclic) bond motifs is 1. The molecule has 0 aliphatic carbocycles. The van der Waals surface area contributed by atoms with Gasteiger partial charge in [0.1, 0.15) is 5.76 Å². The number of benzene rings is 3. The summed E-state index contributed by atoms with van der Waals surface area (Å²) < 4.78 is 22.5. The van der Waals surface area contributed by atoms with Gasteiger partial charge in [0.15, 0.2) is 22.8 Å². The van der Waals surface area contributed by atoms with Gasteiger partial charge in [-0.25, -0.2) is 0 Å². The Morgan fingerprint density at radius 3 is 2.14 bits per heavy atom. The van der Waals surface area contributed by atoms with Crippen molar-refractivity contribution in [1.82, 2.24) is 0 Å². The van der Waals surface area contributed by atoms with E-state index in [1.807, 2.05) is 54.6 Å². The Balaban J connectivity index is 1.81. The number of ether oxygens (including phenoxy) is 3. The van der Waals surface area contributed by atoms with Crippen LogP contribution in [-0.2, 0) is 0 Å². The van der Waals surface area contributed by atoms with Gasteiger partial charge in [0.05, 0.1) is 21.3 Å². The Morgan fingerprint density at radius 1 is 0.690 bits per heavy atom. The topological polar surface area (TPSA) is 40.8 Å². The molecule has 0 aliphatic heterocycles. The molecule has 4 aromatic rings. The minimum atomic E-state index is 0.654. The molecule has 0 spiro atoms. The number of hydrogen-bond donors (Lipinski definition) is 0. The van der Waals surface area contributed by atoms with Gasteiger partial charge < -0.3 is 18.6 Å². The van der Waals surface area contributed by atoms with Crippen LogP contribution in [0.4, 0.5) is 0 Å². The van der Waals surface area contributed by atoms with Gasteiger partial charge in [0.2, 0.25) is 0 Å². The number of rotatable bonds is 6. The molecule has 0 unspecified atom stereocenters. The van der Waals surface area contributed by atoms with Crippen LogP contribution < -0.4 is 14.2 Å². The Hall–Kier alpha value is -3.66. The molecule has 0 saturated heterocycles. The van der Waals surface area contributed by atoms with E-state index in [1.165, 1.54) is 0 Å². The molecule has 0 radical (unpaired) electrons. The summed E-state index contributed by atoms with van der Waals surface area (Å²) in [5.74, 6) is 2.77. The van der Waals surface area contributed by atoms with Crippen molar-refractivity contribution in [3.05, 3.63) is 77.9 Å². The zero-order valence-corrected chi connectivity index (χ0v) is 16.6. The maximum Gasteiger partial charge on any atom is 0.177 e. The van der Waals surface area contributed by atoms with Crippen molar-refractivity contribution in [2.24, 2.45) is 0 Å². The Labute approximate surface area is 169 Å². The van der Waals surface area contributed by atoms with Crippen LogP contribution in [0.15, 0.2) is 71.1 Å². The van der Waals surface area contributed by atoms with Crippen molar-refractivity contribution in [3.8, 4) is 28.6 Å². The molecule has 146 valence electrons. The third-order valence-corrected chi connectivity index (χ3v) is 4.82. The molecule has 0 amide bonds. The predicted octanol–water partition coefficient (Wildman–Crippen LogP) is 6.30. The third kappa shape index (κ3) is 3.69. The van der Waals surface area contributed by atoms with E-state index in [9.17, 15) is 0 Å². The number of hydrogen-bond acceptors (Lipinski definition) is 4. The lowest BCUT2D eigenvalue weighted by atomic mass is 10.1. The molecule has 4 nitrogen and oxygen atoms in total. The first-order chi connectivity index (χ1) is 14.2. The van der Waals surface area contributed by atoms with E-state index in [-0.39, 0.29) is 0 Å². The lowest BCUT2D eigenvalue weighted by Gasteiger charge is -2.08. The first kappa shape index (κ1) is 18.7. The first-order valence-corrected chi connectivity index (χ1v) is 9.29. The van der Waals surface area contributed by atoms with E-state index < -0.39 is 0 Å². The molecule has 0 atom stereocenters. The smallest absolute Gasteiger partial charge is 0.177 e. The minimum absolute atomic E-state index is 0.654. The van der Waals surface area contributed by atoms with Crippen LogP contribution in [0.3, 0.4) is 0 Å². The van der Waals surface area contributed by atoms with Gasteiger partial charge in [-0.05, 0) is 41.5 Å². The molecule has 0 bridgehead atoms. The van der Waals surface area contributed by atoms with Crippen LogP contribution in [0.2, 0.25) is 0 Å². The molecule has 0 N–H and O–H groups in total. The van der Waals surface area contributed by atoms with Crippen LogP contribution in [0.5, 0.6) is 17.2 Å². The summed E-state index contributed by atoms with van der Waals surface area (Å²) in [6.45, 7) is 0. The van der Waals surface area contributed by atoms with Crippen molar-refractivity contribution in [2.45, 2.75) is 0 Å². The summed E-state index contributed by atoms with van der Waals surface area (Å²) in [7, 11) is 4.89. The summed E-state index contributed by atoms with van der Waals surface area (Å²) in [6, 6.07) is 21.9. The van der Waals surface area contributed by atoms with E-state index in [1.54, 1.807) is 21.3 Å². The van der Waals surface area contributed by atoms with Crippen LogP contribution in [0, 0.1) is 0 Å². The summed E-state index contributed by atoms with van der Waals surface area (Å²) in [4.78, 5) is 0. The van der Waals surface area contributed by atoms with E-state index in [0.717, 1.165) is 27.8 Å². The van der Waals surface area contributed by atoms with E-state index in [2.05, 4.69) is 24.3 Å². The highest BCUT2D eigenvalue weighted by molar-refractivity contribution is 5.96. The normalized spacial score (nSPS) is 11.1. The van der Waals surface area contributed by atoms with Gasteiger partial charge in [-0.3, -0.25) is 0 Å². The fourth-order valence-corrected chi connectivity index (χ4v) is 3.31. The summed E-state index contributed by atoms with van der Waals surface area (Å²) in [6.07, 6.45) is 4.18. The molecule has 0 fully saturated rings. The minimum Gasteiger partial charge on any atom is -0.493 e. The molecule has 4 heteroatoms. The average Bonchev–Trinajstić information content (AvgIpc) is 3.23. The zero-order valence-electron chi connectivity index (χ0n) is 16.6. The Kier molecular flexibility index (Phi) is 5.25. The first-order valence-electron chi connectivity index (χ1n) is 9.29. The molecular weight excluding hydrogens is 364 g/mol. The number of methoxy groups -OCH3 is 3. The lowest BCUT2D eigenvalue weighted by molar-refractivity contribution is 0.355. The van der Waals surface area contributed by atoms with Crippen molar-refractivity contribution in [1.29, 1.82) is 0 Å². The van der Waals surface area contributed by atoms with Crippen LogP contribution >= 0.6 is 0 Å². The highest BCUT2D eigenvalue weighted by atomic mass is 16.5. The van der Waals surface area contributed by atoms with Crippen molar-refractivity contribution in [3.63, 3.8) is 0 Å². The Bertz CT molecular complexity index is 1160. The molecule has 0 saturated carbocycles. The monoisotopic (exact) mass is 386 g/mol. The average molecular weight is 386 g/mol. The van der Waals surface area contributed by atoms with Crippen molar-refractivity contribution < 1.29 is 18.6 Å². The van der Waals surface area contributed by atoms with Gasteiger partial charge >= 0.3 is 0 Å². The molecular formula is C25H22O4. The second kappa shape index (κ2) is 8.15. The molecule has 4 rings (SSSR count). The summed E-state index contributed by atoms with van der Waals surface area (Å²) in [5.41, 5.74) is 3.81. The highest BCUT2D eigenvalue weighted by Crippen LogP contribution is 2.38. The Morgan fingerprint density at radius 2 is 1.41 bits per heavy atom.